The van der Waals surface area contributed by atoms with Gasteiger partial charge in [0.05, 0.1) is 0 Å². The molecule has 0 aliphatic carbocycles. The normalized spacial score (nSPS) is 24.5. The van der Waals surface area contributed by atoms with Crippen molar-refractivity contribution in [3.63, 3.8) is 0 Å². The Bertz CT molecular complexity index is 209. The average molecular weight is 159 g/mol. The number of aliphatic carboxylic acids is 1. The van der Waals surface area contributed by atoms with E-state index in [2.05, 4.69) is 0 Å². The summed E-state index contributed by atoms with van der Waals surface area (Å²) >= 11 is 0. The number of carbonyl (C=O) groups excluding carboxylic acids is 1. The van der Waals surface area contributed by atoms with Crippen LogP contribution in [0, 0.1) is 0 Å². The fourth-order valence-electron chi connectivity index (χ4n) is 1.27. The number of carboxylic acids is 1. The topological polar surface area (TPSA) is 83.6 Å². The summed E-state index contributed by atoms with van der Waals surface area (Å²) in [5.74, 6) is -1.00. The maximum absolute atomic E-state index is 10.9. The first kappa shape index (κ1) is 6.45. The minimum atomic E-state index is -1.00. The Balaban J connectivity index is 2.63. The molecule has 0 unspecified atom stereocenters. The van der Waals surface area contributed by atoms with Crippen molar-refractivity contribution in [2.75, 3.05) is 6.54 Å². The van der Waals surface area contributed by atoms with Gasteiger partial charge >= 0.3 is 12.0 Å². The highest BCUT2D eigenvalue weighted by atomic mass is 16.4. The molecule has 1 heterocycles. The summed E-state index contributed by atoms with van der Waals surface area (Å²) in [6.45, 7) is 0.418. The summed E-state index contributed by atoms with van der Waals surface area (Å²) in [4.78, 5) is 22.6. The van der Waals surface area contributed by atoms with E-state index in [1.165, 1.54) is 0 Å². The molecule has 0 aromatic carbocycles. The van der Waals surface area contributed by atoms with E-state index in [0.717, 1.165) is 4.90 Å². The monoisotopic (exact) mass is 159 g/mol. The van der Waals surface area contributed by atoms with Crippen LogP contribution in [-0.4, -0.2) is 34.6 Å². The van der Waals surface area contributed by atoms with Crippen LogP contribution < -0.4 is 5.73 Å². The van der Waals surface area contributed by atoms with Crippen molar-refractivity contribution in [3.05, 3.63) is 0 Å². The van der Waals surface area contributed by atoms with Gasteiger partial charge in [-0.1, -0.05) is 0 Å². The van der Waals surface area contributed by atoms with Crippen LogP contribution >= 0.6 is 0 Å². The number of nitrogens with two attached hydrogens (primary N) is 1. The summed E-state index contributed by atoms with van der Waals surface area (Å²) in [7, 11) is 0. The number of hydrogen-bond donors (Lipinski definition) is 2. The molecule has 0 aromatic heterocycles. The quantitative estimate of drug-likeness (QED) is 0.546. The Morgan fingerprint density at radius 2 is 2.45 bits per heavy atom. The Morgan fingerprint density at radius 3 is 3.00 bits per heavy atom. The van der Waals surface area contributed by atoms with E-state index < -0.39 is 18.0 Å². The van der Waals surface area contributed by atoms with Crippen molar-refractivity contribution >= 4 is 12.0 Å². The zero-order valence-electron chi connectivity index (χ0n) is 6.91. The van der Waals surface area contributed by atoms with Crippen molar-refractivity contribution in [2.45, 2.75) is 18.9 Å². The first-order valence-electron chi connectivity index (χ1n) is 3.88. The number of amides is 2. The van der Waals surface area contributed by atoms with E-state index in [4.69, 9.17) is 6.52 Å². The van der Waals surface area contributed by atoms with Gasteiger partial charge in [0, 0.05) is 6.54 Å². The first-order valence-corrected chi connectivity index (χ1v) is 3.38. The van der Waals surface area contributed by atoms with Gasteiger partial charge < -0.3 is 15.7 Å². The number of rotatable bonds is 1. The smallest absolute Gasteiger partial charge is 0.326 e. The molecule has 2 amide bonds. The van der Waals surface area contributed by atoms with Crippen LogP contribution in [0.4, 0.5) is 4.79 Å². The standard InChI is InChI=1S/C6H10N2O3/c7-6(11)8-3-1-2-4(8)5(9)10/h4H,1-3H2,(H2,7,11)(H,9,10)/t4-/m0/s1/i/hD. The molecule has 0 saturated carbocycles. The third-order valence-corrected chi connectivity index (χ3v) is 1.80. The molecular weight excluding hydrogens is 148 g/mol. The van der Waals surface area contributed by atoms with Gasteiger partial charge in [0.15, 0.2) is 1.41 Å². The zero-order valence-corrected chi connectivity index (χ0v) is 5.91. The minimum Gasteiger partial charge on any atom is -0.480 e. The molecule has 1 atom stereocenters. The molecule has 1 aliphatic rings. The molecule has 0 aromatic rings. The second-order valence-electron chi connectivity index (χ2n) is 2.49. The first-order chi connectivity index (χ1) is 5.66. The molecule has 1 rings (SSSR count). The lowest BCUT2D eigenvalue weighted by atomic mass is 10.2. The van der Waals surface area contributed by atoms with Gasteiger partial charge in [-0.15, -0.1) is 0 Å². The summed E-state index contributed by atoms with van der Waals surface area (Å²) in [6.07, 6.45) is 1.16. The lowest BCUT2D eigenvalue weighted by Gasteiger charge is -2.17. The predicted octanol–water partition coefficient (Wildman–Crippen LogP) is -0.386. The van der Waals surface area contributed by atoms with Crippen LogP contribution in [0.2, 0.25) is 1.41 Å². The summed E-state index contributed by atoms with van der Waals surface area (Å²) in [5.41, 5.74) is 1.67. The van der Waals surface area contributed by atoms with E-state index in [1.807, 2.05) is 0 Å². The van der Waals surface area contributed by atoms with Crippen molar-refractivity contribution < 1.29 is 16.1 Å². The van der Waals surface area contributed by atoms with Gasteiger partial charge in [0.2, 0.25) is 0 Å². The SMILES string of the molecule is [2H]NC(=O)N1CCC[C@H]1C(=O)O. The lowest BCUT2D eigenvalue weighted by molar-refractivity contribution is -0.141. The summed E-state index contributed by atoms with van der Waals surface area (Å²) < 4.78 is 6.57. The number of carboxylic acid groups (broad SMARTS) is 1. The number of hydrogen-bond acceptors (Lipinski definition) is 2. The third-order valence-electron chi connectivity index (χ3n) is 1.80. The van der Waals surface area contributed by atoms with E-state index >= 15 is 0 Å². The van der Waals surface area contributed by atoms with Crippen molar-refractivity contribution in [3.8, 4) is 0 Å². The molecule has 1 aliphatic heterocycles. The van der Waals surface area contributed by atoms with E-state index in [0.29, 0.717) is 19.4 Å². The second-order valence-corrected chi connectivity index (χ2v) is 2.49. The fourth-order valence-corrected chi connectivity index (χ4v) is 1.27. The van der Waals surface area contributed by atoms with Crippen molar-refractivity contribution in [1.82, 2.24) is 4.90 Å². The summed E-state index contributed by atoms with van der Waals surface area (Å²) in [6, 6.07) is -1.39. The van der Waals surface area contributed by atoms with Crippen LogP contribution in [0.15, 0.2) is 0 Å². The van der Waals surface area contributed by atoms with Gasteiger partial charge in [-0.3, -0.25) is 0 Å². The zero-order chi connectivity index (χ0) is 9.14. The van der Waals surface area contributed by atoms with E-state index in [-0.39, 0.29) is 0 Å². The summed E-state index contributed by atoms with van der Waals surface area (Å²) in [5, 5.41) is 8.65. The molecule has 0 spiro atoms. The molecule has 5 nitrogen and oxygen atoms in total. The maximum Gasteiger partial charge on any atom is 0.326 e. The number of likely N-dealkylation sites (tertiary alicyclic amines) is 1. The highest BCUT2D eigenvalue weighted by Crippen LogP contribution is 2.16. The highest BCUT2D eigenvalue weighted by molar-refractivity contribution is 5.82. The Hall–Kier alpha value is -1.26. The Labute approximate surface area is 65.2 Å². The Kier molecular flexibility index (Phi) is 1.63. The van der Waals surface area contributed by atoms with Gasteiger partial charge in [0.1, 0.15) is 6.04 Å². The largest absolute Gasteiger partial charge is 0.480 e. The van der Waals surface area contributed by atoms with Gasteiger partial charge in [-0.05, 0) is 12.8 Å². The number of carbonyl (C=O) groups is 2. The number of primary amides is 1. The molecule has 5 heteroatoms. The second kappa shape index (κ2) is 2.77. The average Bonchev–Trinajstić information content (AvgIpc) is 2.50. The lowest BCUT2D eigenvalue weighted by Crippen LogP contribution is -2.43. The Morgan fingerprint density at radius 1 is 1.73 bits per heavy atom. The molecular formula is C6H10N2O3. The molecule has 0 bridgehead atoms. The fraction of sp³-hybridized carbons (Fsp3) is 0.667. The number of urea groups is 1. The molecule has 1 saturated heterocycles. The van der Waals surface area contributed by atoms with Gasteiger partial charge in [0.25, 0.3) is 0 Å². The molecule has 0 radical (unpaired) electrons. The van der Waals surface area contributed by atoms with Crippen LogP contribution in [0.5, 0.6) is 0 Å². The number of nitrogens with zero attached hydrogens (tertiary/aromatic N) is 1. The predicted molar refractivity (Wildman–Crippen MR) is 36.9 cm³/mol. The van der Waals surface area contributed by atoms with E-state index in [1.54, 1.807) is 5.73 Å². The van der Waals surface area contributed by atoms with Crippen molar-refractivity contribution in [1.29, 1.82) is 0 Å². The minimum absolute atomic E-state index is 0.418. The molecule has 3 N–H and O–H groups in total. The molecule has 11 heavy (non-hydrogen) atoms. The van der Waals surface area contributed by atoms with Gasteiger partial charge in [-0.25, -0.2) is 9.59 Å². The van der Waals surface area contributed by atoms with Crippen LogP contribution in [-0.2, 0) is 4.79 Å². The molecule has 1 fully saturated rings. The van der Waals surface area contributed by atoms with Crippen LogP contribution in [0.1, 0.15) is 12.8 Å². The molecule has 62 valence electrons. The maximum atomic E-state index is 10.9. The van der Waals surface area contributed by atoms with Crippen LogP contribution in [0.3, 0.4) is 0 Å². The van der Waals surface area contributed by atoms with E-state index in [9.17, 15) is 9.59 Å². The van der Waals surface area contributed by atoms with Crippen molar-refractivity contribution in [2.24, 2.45) is 5.73 Å². The highest BCUT2D eigenvalue weighted by Gasteiger charge is 2.32. The third kappa shape index (κ3) is 1.42. The van der Waals surface area contributed by atoms with Gasteiger partial charge in [-0.2, -0.15) is 0 Å². The van der Waals surface area contributed by atoms with Crippen LogP contribution in [0.25, 0.3) is 0 Å².